The third-order valence-corrected chi connectivity index (χ3v) is 2.33. The predicted molar refractivity (Wildman–Crippen MR) is 53.6 cm³/mol. The molecule has 0 saturated carbocycles. The highest BCUT2D eigenvalue weighted by Crippen LogP contribution is 2.25. The highest BCUT2D eigenvalue weighted by molar-refractivity contribution is 5.99. The summed E-state index contributed by atoms with van der Waals surface area (Å²) in [6.07, 6.45) is 5.03. The number of nitrogens with two attached hydrogens (primary N) is 1. The predicted octanol–water partition coefficient (Wildman–Crippen LogP) is 2.04. The molecule has 1 aliphatic rings. The largest absolute Gasteiger partial charge is 0.398 e. The third-order valence-electron chi connectivity index (χ3n) is 2.33. The van der Waals surface area contributed by atoms with Crippen LogP contribution in [0.1, 0.15) is 28.4 Å². The van der Waals surface area contributed by atoms with E-state index in [0.717, 1.165) is 12.0 Å². The first-order chi connectivity index (χ1) is 6.18. The summed E-state index contributed by atoms with van der Waals surface area (Å²) in [6, 6.07) is 3.77. The van der Waals surface area contributed by atoms with Crippen LogP contribution in [0.4, 0.5) is 5.69 Å². The van der Waals surface area contributed by atoms with Crippen LogP contribution >= 0.6 is 0 Å². The molecule has 0 saturated heterocycles. The molecule has 0 spiro atoms. The van der Waals surface area contributed by atoms with Gasteiger partial charge in [-0.3, -0.25) is 4.79 Å². The van der Waals surface area contributed by atoms with E-state index >= 15 is 0 Å². The van der Waals surface area contributed by atoms with Gasteiger partial charge in [0.25, 0.3) is 0 Å². The molecule has 1 aliphatic carbocycles. The van der Waals surface area contributed by atoms with Crippen molar-refractivity contribution >= 4 is 17.5 Å². The van der Waals surface area contributed by atoms with E-state index in [9.17, 15) is 4.79 Å². The summed E-state index contributed by atoms with van der Waals surface area (Å²) < 4.78 is 0. The minimum atomic E-state index is 0.0344. The normalized spacial score (nSPS) is 13.0. The Balaban J connectivity index is 2.59. The average molecular weight is 173 g/mol. The molecule has 66 valence electrons. The topological polar surface area (TPSA) is 43.1 Å². The van der Waals surface area contributed by atoms with Crippen LogP contribution in [-0.4, -0.2) is 5.78 Å². The van der Waals surface area contributed by atoms with Crippen LogP contribution in [0.3, 0.4) is 0 Å². The molecule has 2 rings (SSSR count). The van der Waals surface area contributed by atoms with E-state index in [2.05, 4.69) is 6.08 Å². The summed E-state index contributed by atoms with van der Waals surface area (Å²) >= 11 is 0. The van der Waals surface area contributed by atoms with Gasteiger partial charge < -0.3 is 5.73 Å². The minimum Gasteiger partial charge on any atom is -0.398 e. The fraction of sp³-hybridized carbons (Fsp3) is 0.182. The molecule has 0 unspecified atom stereocenters. The van der Waals surface area contributed by atoms with Crippen molar-refractivity contribution in [3.63, 3.8) is 0 Å². The third kappa shape index (κ3) is 1.24. The summed E-state index contributed by atoms with van der Waals surface area (Å²) in [4.78, 5) is 11.2. The Morgan fingerprint density at radius 1 is 1.46 bits per heavy atom. The van der Waals surface area contributed by atoms with E-state index < -0.39 is 0 Å². The van der Waals surface area contributed by atoms with E-state index in [1.54, 1.807) is 6.92 Å². The van der Waals surface area contributed by atoms with Gasteiger partial charge in [-0.1, -0.05) is 12.2 Å². The zero-order valence-electron chi connectivity index (χ0n) is 7.50. The van der Waals surface area contributed by atoms with E-state index in [0.29, 0.717) is 11.3 Å². The molecule has 0 aliphatic heterocycles. The maximum absolute atomic E-state index is 11.2. The second-order valence-electron chi connectivity index (χ2n) is 3.30. The van der Waals surface area contributed by atoms with Gasteiger partial charge in [0.2, 0.25) is 0 Å². The maximum Gasteiger partial charge on any atom is 0.161 e. The van der Waals surface area contributed by atoms with Crippen LogP contribution in [0.15, 0.2) is 18.2 Å². The van der Waals surface area contributed by atoms with Gasteiger partial charge >= 0.3 is 0 Å². The lowest BCUT2D eigenvalue weighted by Gasteiger charge is -2.05. The van der Waals surface area contributed by atoms with Crippen molar-refractivity contribution in [3.05, 3.63) is 34.9 Å². The van der Waals surface area contributed by atoms with Crippen LogP contribution in [0.25, 0.3) is 6.08 Å². The Hall–Kier alpha value is -1.57. The smallest absolute Gasteiger partial charge is 0.161 e. The van der Waals surface area contributed by atoms with E-state index in [-0.39, 0.29) is 5.78 Å². The Bertz CT molecular complexity index is 405. The van der Waals surface area contributed by atoms with Gasteiger partial charge in [-0.25, -0.2) is 0 Å². The molecule has 0 bridgehead atoms. The first-order valence-corrected chi connectivity index (χ1v) is 4.28. The summed E-state index contributed by atoms with van der Waals surface area (Å²) in [5.74, 6) is 0.0344. The van der Waals surface area contributed by atoms with Gasteiger partial charge in [-0.05, 0) is 36.6 Å². The van der Waals surface area contributed by atoms with Gasteiger partial charge in [0.15, 0.2) is 5.78 Å². The van der Waals surface area contributed by atoms with Gasteiger partial charge in [-0.15, -0.1) is 0 Å². The first kappa shape index (κ1) is 8.05. The van der Waals surface area contributed by atoms with Crippen LogP contribution in [0.5, 0.6) is 0 Å². The lowest BCUT2D eigenvalue weighted by Crippen LogP contribution is -2.01. The summed E-state index contributed by atoms with van der Waals surface area (Å²) in [5.41, 5.74) is 9.30. The molecule has 0 amide bonds. The monoisotopic (exact) mass is 173 g/mol. The van der Waals surface area contributed by atoms with Crippen LogP contribution in [-0.2, 0) is 6.42 Å². The van der Waals surface area contributed by atoms with E-state index in [4.69, 9.17) is 5.73 Å². The second-order valence-corrected chi connectivity index (χ2v) is 3.30. The number of carbonyl (C=O) groups excluding carboxylic acids is 1. The minimum absolute atomic E-state index is 0.0344. The Kier molecular flexibility index (Phi) is 1.69. The fourth-order valence-electron chi connectivity index (χ4n) is 1.63. The number of benzene rings is 1. The Morgan fingerprint density at radius 2 is 2.23 bits per heavy atom. The van der Waals surface area contributed by atoms with Gasteiger partial charge in [0.1, 0.15) is 0 Å². The molecule has 0 aromatic heterocycles. The molecule has 0 radical (unpaired) electrons. The number of nitrogen functional groups attached to an aromatic ring is 1. The molecular formula is C11H11NO. The van der Waals surface area contributed by atoms with Gasteiger partial charge in [0, 0.05) is 11.3 Å². The van der Waals surface area contributed by atoms with E-state index in [1.807, 2.05) is 18.2 Å². The highest BCUT2D eigenvalue weighted by Gasteiger charge is 2.11. The summed E-state index contributed by atoms with van der Waals surface area (Å²) in [6.45, 7) is 1.54. The molecule has 13 heavy (non-hydrogen) atoms. The number of carbonyl (C=O) groups is 1. The summed E-state index contributed by atoms with van der Waals surface area (Å²) in [7, 11) is 0. The molecule has 0 atom stereocenters. The maximum atomic E-state index is 11.2. The highest BCUT2D eigenvalue weighted by atomic mass is 16.1. The van der Waals surface area contributed by atoms with Crippen molar-refractivity contribution in [1.29, 1.82) is 0 Å². The molecule has 0 heterocycles. The van der Waals surface area contributed by atoms with Crippen molar-refractivity contribution < 1.29 is 4.79 Å². The molecule has 2 heteroatoms. The van der Waals surface area contributed by atoms with Crippen LogP contribution in [0, 0.1) is 0 Å². The second kappa shape index (κ2) is 2.73. The number of fused-ring (bicyclic) bond motifs is 1. The van der Waals surface area contributed by atoms with Crippen LogP contribution < -0.4 is 5.73 Å². The Labute approximate surface area is 77.1 Å². The van der Waals surface area contributed by atoms with Crippen molar-refractivity contribution in [3.8, 4) is 0 Å². The standard InChI is InChI=1S/C11H11NO/c1-7(13)10-5-8-3-2-4-9(8)6-11(10)12/h2,4-6H,3,12H2,1H3. The zero-order valence-corrected chi connectivity index (χ0v) is 7.50. The fourth-order valence-corrected chi connectivity index (χ4v) is 1.63. The number of ketones is 1. The van der Waals surface area contributed by atoms with Crippen molar-refractivity contribution in [2.75, 3.05) is 5.73 Å². The van der Waals surface area contributed by atoms with Gasteiger partial charge in [-0.2, -0.15) is 0 Å². The first-order valence-electron chi connectivity index (χ1n) is 4.28. The molecule has 2 nitrogen and oxygen atoms in total. The Morgan fingerprint density at radius 3 is 2.92 bits per heavy atom. The number of Topliss-reactive ketones (excluding diaryl/α,β-unsaturated/α-hetero) is 1. The average Bonchev–Trinajstić information content (AvgIpc) is 2.48. The SMILES string of the molecule is CC(=O)c1cc2c(cc1N)C=CC2. The van der Waals surface area contributed by atoms with Gasteiger partial charge in [0.05, 0.1) is 0 Å². The number of allylic oxidation sites excluding steroid dienone is 1. The van der Waals surface area contributed by atoms with Crippen LogP contribution in [0.2, 0.25) is 0 Å². The van der Waals surface area contributed by atoms with Crippen molar-refractivity contribution in [2.24, 2.45) is 0 Å². The molecule has 0 fully saturated rings. The molecule has 1 aromatic rings. The molecule has 2 N–H and O–H groups in total. The number of rotatable bonds is 1. The van der Waals surface area contributed by atoms with E-state index in [1.165, 1.54) is 5.56 Å². The molecule has 1 aromatic carbocycles. The zero-order chi connectivity index (χ0) is 9.42. The lowest BCUT2D eigenvalue weighted by molar-refractivity contribution is 0.101. The van der Waals surface area contributed by atoms with Crippen molar-refractivity contribution in [2.45, 2.75) is 13.3 Å². The lowest BCUT2D eigenvalue weighted by atomic mass is 10.0. The number of hydrogen-bond acceptors (Lipinski definition) is 2. The molecular weight excluding hydrogens is 162 g/mol. The number of anilines is 1. The van der Waals surface area contributed by atoms with Crippen molar-refractivity contribution in [1.82, 2.24) is 0 Å². The number of hydrogen-bond donors (Lipinski definition) is 1. The quantitative estimate of drug-likeness (QED) is 0.521. The summed E-state index contributed by atoms with van der Waals surface area (Å²) in [5, 5.41) is 0.